The number of carboxylic acid groups (broad SMARTS) is 1. The van der Waals surface area contributed by atoms with Crippen molar-refractivity contribution in [3.8, 4) is 0 Å². The largest absolute Gasteiger partial charge is 0.481 e. The Hall–Kier alpha value is -2.11. The summed E-state index contributed by atoms with van der Waals surface area (Å²) < 4.78 is 1.38. The highest BCUT2D eigenvalue weighted by atomic mass is 16.4. The third-order valence-electron chi connectivity index (χ3n) is 2.58. The SMILES string of the molecule is CN(CCCC(=O)O)C(=O)c1ccn(C)c(=O)c1. The van der Waals surface area contributed by atoms with Crippen molar-refractivity contribution in [3.63, 3.8) is 0 Å². The van der Waals surface area contributed by atoms with Gasteiger partial charge in [-0.25, -0.2) is 0 Å². The van der Waals surface area contributed by atoms with Gasteiger partial charge in [-0.3, -0.25) is 14.4 Å². The number of amides is 1. The molecular formula is C12H16N2O4. The molecule has 0 aliphatic carbocycles. The van der Waals surface area contributed by atoms with Crippen LogP contribution >= 0.6 is 0 Å². The molecule has 0 unspecified atom stereocenters. The number of hydrogen-bond donors (Lipinski definition) is 1. The minimum absolute atomic E-state index is 0.0220. The lowest BCUT2D eigenvalue weighted by Gasteiger charge is -2.16. The Labute approximate surface area is 104 Å². The number of aromatic nitrogens is 1. The first-order chi connectivity index (χ1) is 8.41. The van der Waals surface area contributed by atoms with E-state index in [0.717, 1.165) is 0 Å². The molecular weight excluding hydrogens is 236 g/mol. The van der Waals surface area contributed by atoms with Crippen LogP contribution in [0.2, 0.25) is 0 Å². The highest BCUT2D eigenvalue weighted by Crippen LogP contribution is 2.02. The van der Waals surface area contributed by atoms with Crippen LogP contribution < -0.4 is 5.56 Å². The Morgan fingerprint density at radius 1 is 1.44 bits per heavy atom. The molecule has 0 aliphatic rings. The van der Waals surface area contributed by atoms with Crippen LogP contribution in [0.3, 0.4) is 0 Å². The zero-order chi connectivity index (χ0) is 13.7. The molecule has 0 aromatic carbocycles. The number of pyridine rings is 1. The standard InChI is InChI=1S/C12H16N2O4/c1-13-7-5-9(8-10(13)15)12(18)14(2)6-3-4-11(16)17/h5,7-8H,3-4,6H2,1-2H3,(H,16,17). The summed E-state index contributed by atoms with van der Waals surface area (Å²) in [6.07, 6.45) is 1.94. The summed E-state index contributed by atoms with van der Waals surface area (Å²) in [6.45, 7) is 0.348. The van der Waals surface area contributed by atoms with E-state index in [1.54, 1.807) is 20.2 Å². The molecule has 0 fully saturated rings. The first kappa shape index (κ1) is 14.0. The molecule has 0 spiro atoms. The van der Waals surface area contributed by atoms with Crippen LogP contribution in [0, 0.1) is 0 Å². The molecule has 0 saturated heterocycles. The Morgan fingerprint density at radius 3 is 2.67 bits per heavy atom. The first-order valence-corrected chi connectivity index (χ1v) is 5.55. The normalized spacial score (nSPS) is 10.1. The molecule has 6 heteroatoms. The van der Waals surface area contributed by atoms with Gasteiger partial charge in [0.1, 0.15) is 0 Å². The predicted octanol–water partition coefficient (Wildman–Crippen LogP) is 0.322. The number of carboxylic acids is 1. The van der Waals surface area contributed by atoms with Gasteiger partial charge >= 0.3 is 5.97 Å². The van der Waals surface area contributed by atoms with Crippen molar-refractivity contribution in [2.75, 3.05) is 13.6 Å². The molecule has 6 nitrogen and oxygen atoms in total. The third kappa shape index (κ3) is 3.73. The second kappa shape index (κ2) is 6.00. The number of aliphatic carboxylic acids is 1. The molecule has 1 amide bonds. The summed E-state index contributed by atoms with van der Waals surface area (Å²) in [5.41, 5.74) is 0.0655. The Kier molecular flexibility index (Phi) is 4.65. The summed E-state index contributed by atoms with van der Waals surface area (Å²) in [5, 5.41) is 8.50. The van der Waals surface area contributed by atoms with Gasteiger partial charge in [-0.15, -0.1) is 0 Å². The number of aryl methyl sites for hydroxylation is 1. The van der Waals surface area contributed by atoms with Crippen LogP contribution in [0.25, 0.3) is 0 Å². The average molecular weight is 252 g/mol. The van der Waals surface area contributed by atoms with E-state index in [4.69, 9.17) is 5.11 Å². The monoisotopic (exact) mass is 252 g/mol. The lowest BCUT2D eigenvalue weighted by Crippen LogP contribution is -2.29. The molecule has 1 N–H and O–H groups in total. The fourth-order valence-electron chi connectivity index (χ4n) is 1.47. The van der Waals surface area contributed by atoms with E-state index < -0.39 is 5.97 Å². The van der Waals surface area contributed by atoms with E-state index >= 15 is 0 Å². The highest BCUT2D eigenvalue weighted by molar-refractivity contribution is 5.93. The van der Waals surface area contributed by atoms with Crippen LogP contribution in [0.4, 0.5) is 0 Å². The van der Waals surface area contributed by atoms with Crippen molar-refractivity contribution in [3.05, 3.63) is 34.2 Å². The van der Waals surface area contributed by atoms with Crippen LogP contribution in [0.5, 0.6) is 0 Å². The molecule has 0 radical (unpaired) electrons. The van der Waals surface area contributed by atoms with Crippen molar-refractivity contribution >= 4 is 11.9 Å². The molecule has 0 saturated carbocycles. The minimum atomic E-state index is -0.885. The van der Waals surface area contributed by atoms with Crippen LogP contribution in [0.1, 0.15) is 23.2 Å². The second-order valence-corrected chi connectivity index (χ2v) is 4.09. The second-order valence-electron chi connectivity index (χ2n) is 4.09. The summed E-state index contributed by atoms with van der Waals surface area (Å²) in [7, 11) is 3.19. The third-order valence-corrected chi connectivity index (χ3v) is 2.58. The van der Waals surface area contributed by atoms with Crippen molar-refractivity contribution in [2.45, 2.75) is 12.8 Å². The van der Waals surface area contributed by atoms with Crippen LogP contribution in [-0.2, 0) is 11.8 Å². The van der Waals surface area contributed by atoms with Gasteiger partial charge in [0.2, 0.25) is 0 Å². The Balaban J connectivity index is 2.65. The molecule has 0 atom stereocenters. The molecule has 1 aromatic heterocycles. The van der Waals surface area contributed by atoms with Gasteiger partial charge < -0.3 is 14.6 Å². The molecule has 18 heavy (non-hydrogen) atoms. The molecule has 98 valence electrons. The lowest BCUT2D eigenvalue weighted by molar-refractivity contribution is -0.137. The number of nitrogens with zero attached hydrogens (tertiary/aromatic N) is 2. The van der Waals surface area contributed by atoms with Crippen molar-refractivity contribution in [2.24, 2.45) is 7.05 Å². The summed E-state index contributed by atoms with van der Waals surface area (Å²) >= 11 is 0. The van der Waals surface area contributed by atoms with E-state index in [0.29, 0.717) is 18.5 Å². The van der Waals surface area contributed by atoms with Gasteiger partial charge in [-0.2, -0.15) is 0 Å². The topological polar surface area (TPSA) is 79.6 Å². The molecule has 0 bridgehead atoms. The van der Waals surface area contributed by atoms with Crippen molar-refractivity contribution < 1.29 is 14.7 Å². The molecule has 0 aliphatic heterocycles. The van der Waals surface area contributed by atoms with E-state index in [2.05, 4.69) is 0 Å². The first-order valence-electron chi connectivity index (χ1n) is 5.55. The van der Waals surface area contributed by atoms with Crippen molar-refractivity contribution in [1.82, 2.24) is 9.47 Å². The average Bonchev–Trinajstić information content (AvgIpc) is 2.31. The summed E-state index contributed by atoms with van der Waals surface area (Å²) in [5.74, 6) is -1.16. The van der Waals surface area contributed by atoms with Gasteiger partial charge in [0.25, 0.3) is 11.5 Å². The maximum atomic E-state index is 11.9. The highest BCUT2D eigenvalue weighted by Gasteiger charge is 2.12. The van der Waals surface area contributed by atoms with Gasteiger partial charge in [-0.05, 0) is 12.5 Å². The van der Waals surface area contributed by atoms with E-state index in [9.17, 15) is 14.4 Å². The van der Waals surface area contributed by atoms with Crippen LogP contribution in [0.15, 0.2) is 23.1 Å². The molecule has 1 rings (SSSR count). The molecule has 1 aromatic rings. The number of hydrogen-bond acceptors (Lipinski definition) is 3. The minimum Gasteiger partial charge on any atom is -0.481 e. The smallest absolute Gasteiger partial charge is 0.303 e. The number of rotatable bonds is 5. The zero-order valence-electron chi connectivity index (χ0n) is 10.4. The maximum absolute atomic E-state index is 11.9. The number of carbonyl (C=O) groups excluding carboxylic acids is 1. The lowest BCUT2D eigenvalue weighted by atomic mass is 10.2. The van der Waals surface area contributed by atoms with E-state index in [1.165, 1.54) is 21.7 Å². The van der Waals surface area contributed by atoms with Gasteiger partial charge in [-0.1, -0.05) is 0 Å². The Bertz CT molecular complexity index is 507. The maximum Gasteiger partial charge on any atom is 0.303 e. The van der Waals surface area contributed by atoms with Gasteiger partial charge in [0, 0.05) is 44.9 Å². The van der Waals surface area contributed by atoms with Gasteiger partial charge in [0.15, 0.2) is 0 Å². The fourth-order valence-corrected chi connectivity index (χ4v) is 1.47. The zero-order valence-corrected chi connectivity index (χ0v) is 10.4. The quantitative estimate of drug-likeness (QED) is 0.818. The summed E-state index contributed by atoms with van der Waals surface area (Å²) in [4.78, 5) is 35.1. The predicted molar refractivity (Wildman–Crippen MR) is 65.5 cm³/mol. The van der Waals surface area contributed by atoms with E-state index in [-0.39, 0.29) is 17.9 Å². The van der Waals surface area contributed by atoms with E-state index in [1.807, 2.05) is 0 Å². The molecule has 1 heterocycles. The van der Waals surface area contributed by atoms with Crippen molar-refractivity contribution in [1.29, 1.82) is 0 Å². The van der Waals surface area contributed by atoms with Crippen LogP contribution in [-0.4, -0.2) is 40.0 Å². The Morgan fingerprint density at radius 2 is 2.11 bits per heavy atom. The fraction of sp³-hybridized carbons (Fsp3) is 0.417. The summed E-state index contributed by atoms with van der Waals surface area (Å²) in [6, 6.07) is 2.84. The van der Waals surface area contributed by atoms with Gasteiger partial charge in [0.05, 0.1) is 0 Å². The number of carbonyl (C=O) groups is 2.